The molecule has 148 valence electrons. The summed E-state index contributed by atoms with van der Waals surface area (Å²) in [5.41, 5.74) is 1.67. The minimum atomic E-state index is 0.824. The zero-order valence-electron chi connectivity index (χ0n) is 17.2. The van der Waals surface area contributed by atoms with Gasteiger partial charge in [0.1, 0.15) is 0 Å². The summed E-state index contributed by atoms with van der Waals surface area (Å²) in [7, 11) is 0. The van der Waals surface area contributed by atoms with Crippen molar-refractivity contribution in [3.63, 3.8) is 0 Å². The monoisotopic (exact) mass is 428 g/mol. The van der Waals surface area contributed by atoms with Gasteiger partial charge in [-0.3, -0.25) is 0 Å². The van der Waals surface area contributed by atoms with Crippen LogP contribution >= 0.6 is 15.9 Å². The number of benzene rings is 1. The molecule has 1 unspecified atom stereocenters. The molecule has 3 saturated carbocycles. The average Bonchev–Trinajstić information content (AvgIpc) is 2.75. The van der Waals surface area contributed by atoms with Crippen LogP contribution in [0.15, 0.2) is 28.7 Å². The van der Waals surface area contributed by atoms with Gasteiger partial charge < -0.3 is 0 Å². The largest absolute Gasteiger partial charge is 0.154 e. The highest BCUT2D eigenvalue weighted by Crippen LogP contribution is 2.50. The van der Waals surface area contributed by atoms with E-state index in [9.17, 15) is 0 Å². The third kappa shape index (κ3) is 5.03. The van der Waals surface area contributed by atoms with Crippen LogP contribution in [0.2, 0.25) is 11.6 Å². The second-order valence-electron chi connectivity index (χ2n) is 9.85. The van der Waals surface area contributed by atoms with Crippen LogP contribution in [0.4, 0.5) is 0 Å². The van der Waals surface area contributed by atoms with E-state index in [1.54, 1.807) is 5.56 Å². The molecule has 0 radical (unpaired) electrons. The second-order valence-corrected chi connectivity index (χ2v) is 10.8. The predicted molar refractivity (Wildman–Crippen MR) is 123 cm³/mol. The molecule has 3 fully saturated rings. The van der Waals surface area contributed by atoms with E-state index in [0.717, 1.165) is 30.1 Å². The molecule has 4 rings (SSSR count). The first-order chi connectivity index (χ1) is 13.3. The summed E-state index contributed by atoms with van der Waals surface area (Å²) < 4.78 is 1.24. The van der Waals surface area contributed by atoms with Crippen molar-refractivity contribution in [2.24, 2.45) is 5.92 Å². The van der Waals surface area contributed by atoms with Crippen molar-refractivity contribution in [1.82, 2.24) is 0 Å². The van der Waals surface area contributed by atoms with Gasteiger partial charge in [-0.25, -0.2) is 0 Å². The van der Waals surface area contributed by atoms with Crippen LogP contribution in [0.1, 0.15) is 108 Å². The molecule has 0 spiro atoms. The highest BCUT2D eigenvalue weighted by molar-refractivity contribution is 9.10. The van der Waals surface area contributed by atoms with E-state index in [0.29, 0.717) is 0 Å². The van der Waals surface area contributed by atoms with Gasteiger partial charge >= 0.3 is 0 Å². The lowest BCUT2D eigenvalue weighted by Crippen LogP contribution is -2.40. The van der Waals surface area contributed by atoms with E-state index in [-0.39, 0.29) is 0 Å². The summed E-state index contributed by atoms with van der Waals surface area (Å²) in [5.74, 6) is 3.76. The third-order valence-corrected chi connectivity index (χ3v) is 8.74. The number of rotatable bonds is 5. The highest BCUT2D eigenvalue weighted by Gasteiger charge is 2.43. The zero-order chi connectivity index (χ0) is 18.5. The van der Waals surface area contributed by atoms with Crippen LogP contribution in [0.25, 0.3) is 0 Å². The van der Waals surface area contributed by atoms with E-state index in [1.807, 2.05) is 0 Å². The van der Waals surface area contributed by atoms with Crippen molar-refractivity contribution in [3.8, 4) is 0 Å². The van der Waals surface area contributed by atoms with E-state index in [4.69, 9.17) is 0 Å². The number of hydrogen-bond acceptors (Lipinski definition) is 0. The molecule has 1 atom stereocenters. The molecule has 3 aliphatic carbocycles. The topological polar surface area (TPSA) is 0 Å². The lowest BCUT2D eigenvalue weighted by molar-refractivity contribution is 0.334. The Labute approximate surface area is 176 Å². The van der Waals surface area contributed by atoms with Crippen molar-refractivity contribution in [3.05, 3.63) is 34.3 Å². The van der Waals surface area contributed by atoms with E-state index < -0.39 is 0 Å². The van der Waals surface area contributed by atoms with Crippen LogP contribution < -0.4 is 0 Å². The first-order valence-corrected chi connectivity index (χ1v) is 12.9. The molecular formula is C25H38BBr. The Morgan fingerprint density at radius 2 is 1.07 bits per heavy atom. The van der Waals surface area contributed by atoms with Crippen LogP contribution in [0, 0.1) is 5.92 Å². The molecule has 0 saturated heterocycles. The predicted octanol–water partition coefficient (Wildman–Crippen LogP) is 8.82. The van der Waals surface area contributed by atoms with Gasteiger partial charge in [0.25, 0.3) is 0 Å². The molecular weight excluding hydrogens is 391 g/mol. The molecule has 0 aromatic heterocycles. The minimum Gasteiger partial charge on any atom is -0.0614 e. The quantitative estimate of drug-likeness (QED) is 0.410. The van der Waals surface area contributed by atoms with E-state index >= 15 is 0 Å². The average molecular weight is 429 g/mol. The minimum absolute atomic E-state index is 0.824. The fourth-order valence-corrected chi connectivity index (χ4v) is 7.26. The third-order valence-electron chi connectivity index (χ3n) is 8.22. The Hall–Kier alpha value is -0.235. The highest BCUT2D eigenvalue weighted by atomic mass is 79.9. The fourth-order valence-electron chi connectivity index (χ4n) is 7.00. The van der Waals surface area contributed by atoms with Gasteiger partial charge in [-0.15, -0.1) is 0 Å². The van der Waals surface area contributed by atoms with Crippen molar-refractivity contribution < 1.29 is 0 Å². The summed E-state index contributed by atoms with van der Waals surface area (Å²) in [6.07, 6.45) is 22.4. The van der Waals surface area contributed by atoms with Gasteiger partial charge in [0.2, 0.25) is 0 Å². The smallest absolute Gasteiger partial charge is 0.0614 e. The molecule has 2 heteroatoms. The first kappa shape index (κ1) is 20.1. The Morgan fingerprint density at radius 3 is 1.56 bits per heavy atom. The van der Waals surface area contributed by atoms with E-state index in [1.165, 1.54) is 101 Å². The fraction of sp³-hybridized carbons (Fsp3) is 0.760. The van der Waals surface area contributed by atoms with Gasteiger partial charge in [-0.2, -0.15) is 0 Å². The van der Waals surface area contributed by atoms with Crippen molar-refractivity contribution in [2.45, 2.75) is 114 Å². The number of halogens is 1. The Kier molecular flexibility index (Phi) is 7.42. The molecule has 0 amide bonds. The maximum Gasteiger partial charge on any atom is 0.154 e. The Morgan fingerprint density at radius 1 is 0.630 bits per heavy atom. The van der Waals surface area contributed by atoms with Gasteiger partial charge in [-0.1, -0.05) is 142 Å². The molecule has 0 bridgehead atoms. The van der Waals surface area contributed by atoms with Crippen molar-refractivity contribution in [1.29, 1.82) is 0 Å². The van der Waals surface area contributed by atoms with Gasteiger partial charge in [-0.05, 0) is 23.9 Å². The summed E-state index contributed by atoms with van der Waals surface area (Å²) >= 11 is 3.68. The van der Waals surface area contributed by atoms with Crippen molar-refractivity contribution >= 4 is 22.6 Å². The molecule has 27 heavy (non-hydrogen) atoms. The van der Waals surface area contributed by atoms with E-state index in [2.05, 4.69) is 40.2 Å². The van der Waals surface area contributed by atoms with Crippen LogP contribution in [-0.2, 0) is 0 Å². The Bertz CT molecular complexity index is 532. The standard InChI is InChI=1S/C25H38BBr/c27-24-18-16-21(17-19-24)25(20-10-4-1-5-11-20)26(22-12-6-2-7-13-22)23-14-8-3-9-15-23/h16-20,22-23,25H,1-15H2. The molecule has 0 N–H and O–H groups in total. The summed E-state index contributed by atoms with van der Waals surface area (Å²) in [5, 5.41) is 0. The molecule has 3 aliphatic rings. The normalized spacial score (nSPS) is 24.6. The molecule has 1 aromatic carbocycles. The van der Waals surface area contributed by atoms with Crippen LogP contribution in [0.3, 0.4) is 0 Å². The zero-order valence-corrected chi connectivity index (χ0v) is 18.8. The summed E-state index contributed by atoms with van der Waals surface area (Å²) in [4.78, 5) is 0. The van der Waals surface area contributed by atoms with Crippen LogP contribution in [-0.4, -0.2) is 6.71 Å². The van der Waals surface area contributed by atoms with Crippen LogP contribution in [0.5, 0.6) is 0 Å². The molecule has 0 heterocycles. The maximum absolute atomic E-state index is 3.68. The van der Waals surface area contributed by atoms with Crippen molar-refractivity contribution in [2.75, 3.05) is 0 Å². The lowest BCUT2D eigenvalue weighted by atomic mass is 9.22. The molecule has 0 nitrogen and oxygen atoms in total. The first-order valence-electron chi connectivity index (χ1n) is 12.1. The Balaban J connectivity index is 1.68. The molecule has 0 aliphatic heterocycles. The second kappa shape index (κ2) is 9.99. The summed E-state index contributed by atoms with van der Waals surface area (Å²) in [6.45, 7) is 0.954. The maximum atomic E-state index is 3.68. The van der Waals surface area contributed by atoms with Gasteiger partial charge in [0, 0.05) is 4.47 Å². The molecule has 1 aromatic rings. The van der Waals surface area contributed by atoms with Gasteiger partial charge in [0.15, 0.2) is 6.71 Å². The van der Waals surface area contributed by atoms with Gasteiger partial charge in [0.05, 0.1) is 0 Å². The lowest BCUT2D eigenvalue weighted by Gasteiger charge is -2.44. The SMILES string of the molecule is Brc1ccc(C(B(C2CCCCC2)C2CCCCC2)C2CCCCC2)cc1. The summed E-state index contributed by atoms with van der Waals surface area (Å²) in [6, 6.07) is 9.57. The number of hydrogen-bond donors (Lipinski definition) is 0.